The van der Waals surface area contributed by atoms with E-state index in [1.165, 1.54) is 47.8 Å². The maximum absolute atomic E-state index is 10.8. The lowest BCUT2D eigenvalue weighted by atomic mass is 9.80. The first-order chi connectivity index (χ1) is 15.3. The van der Waals surface area contributed by atoms with Crippen LogP contribution in [0.5, 0.6) is 0 Å². The van der Waals surface area contributed by atoms with Crippen LogP contribution < -0.4 is 10.2 Å². The molecular formula is C23H28N4O4S. The average molecular weight is 457 g/mol. The Balaban J connectivity index is 0.000000195. The van der Waals surface area contributed by atoms with Gasteiger partial charge in [0.15, 0.2) is 0 Å². The molecule has 1 saturated heterocycles. The summed E-state index contributed by atoms with van der Waals surface area (Å²) in [6.07, 6.45) is 5.26. The molecule has 2 aliphatic rings. The Morgan fingerprint density at radius 2 is 1.88 bits per heavy atom. The van der Waals surface area contributed by atoms with Gasteiger partial charge < -0.3 is 20.4 Å². The highest BCUT2D eigenvalue weighted by atomic mass is 32.1. The van der Waals surface area contributed by atoms with E-state index in [2.05, 4.69) is 50.8 Å². The van der Waals surface area contributed by atoms with Crippen LogP contribution in [-0.2, 0) is 16.0 Å². The Morgan fingerprint density at radius 3 is 2.50 bits per heavy atom. The first-order valence-electron chi connectivity index (χ1n) is 10.5. The molecule has 0 spiro atoms. The summed E-state index contributed by atoms with van der Waals surface area (Å²) in [5.74, 6) is -1.13. The molecule has 1 aromatic carbocycles. The van der Waals surface area contributed by atoms with E-state index in [1.54, 1.807) is 0 Å². The number of hydrogen-bond donors (Lipinski definition) is 3. The molecule has 4 rings (SSSR count). The zero-order chi connectivity index (χ0) is 23.1. The van der Waals surface area contributed by atoms with Crippen molar-refractivity contribution in [2.45, 2.75) is 26.7 Å². The van der Waals surface area contributed by atoms with Crippen molar-refractivity contribution in [1.29, 1.82) is 0 Å². The smallest absolute Gasteiger partial charge is 0.331 e. The average Bonchev–Trinajstić information content (AvgIpc) is 3.25. The van der Waals surface area contributed by atoms with E-state index >= 15 is 0 Å². The lowest BCUT2D eigenvalue weighted by Crippen LogP contribution is -2.43. The first-order valence-corrected chi connectivity index (χ1v) is 11.2. The van der Waals surface area contributed by atoms with E-state index in [0.29, 0.717) is 0 Å². The van der Waals surface area contributed by atoms with E-state index in [9.17, 15) is 9.59 Å². The predicted molar refractivity (Wildman–Crippen MR) is 124 cm³/mol. The molecule has 0 saturated carbocycles. The van der Waals surface area contributed by atoms with Crippen LogP contribution in [0.25, 0.3) is 0 Å². The highest BCUT2D eigenvalue weighted by Gasteiger charge is 2.34. The number of piperazine rings is 1. The third kappa shape index (κ3) is 6.24. The summed E-state index contributed by atoms with van der Waals surface area (Å²) >= 11 is 1.52. The van der Waals surface area contributed by atoms with Crippen LogP contribution in [0.1, 0.15) is 30.3 Å². The Morgan fingerprint density at radius 1 is 1.19 bits per heavy atom. The monoisotopic (exact) mass is 456 g/mol. The summed E-state index contributed by atoms with van der Waals surface area (Å²) in [6.45, 7) is 7.73. The molecule has 1 aromatic heterocycles. The summed E-state index contributed by atoms with van der Waals surface area (Å²) in [6, 6.07) is 8.58. The molecule has 2 heterocycles. The van der Waals surface area contributed by atoms with Crippen molar-refractivity contribution in [3.05, 3.63) is 65.0 Å². The number of nitrogens with one attached hydrogen (secondary N) is 1. The summed E-state index contributed by atoms with van der Waals surface area (Å²) in [5.41, 5.74) is 1.61. The SMILES string of the molecule is CC1(C(=O)O)C=CC=C(C(=O)O)C1.Cc1ccc(Cc2nsc(N3CCNCC3)n2)cc1. The van der Waals surface area contributed by atoms with Crippen LogP contribution in [0.3, 0.4) is 0 Å². The Kier molecular flexibility index (Phi) is 7.76. The van der Waals surface area contributed by atoms with Gasteiger partial charge in [-0.25, -0.2) is 9.78 Å². The van der Waals surface area contributed by atoms with E-state index in [-0.39, 0.29) is 12.0 Å². The van der Waals surface area contributed by atoms with Crippen LogP contribution in [0, 0.1) is 12.3 Å². The number of anilines is 1. The lowest BCUT2D eigenvalue weighted by molar-refractivity contribution is -0.145. The Hall–Kier alpha value is -3.04. The Bertz CT molecular complexity index is 1010. The number of aliphatic carboxylic acids is 2. The molecule has 0 amide bonds. The molecule has 0 bridgehead atoms. The van der Waals surface area contributed by atoms with Crippen LogP contribution in [0.2, 0.25) is 0 Å². The summed E-state index contributed by atoms with van der Waals surface area (Å²) in [4.78, 5) is 28.3. The van der Waals surface area contributed by atoms with Gasteiger partial charge in [-0.15, -0.1) is 0 Å². The number of benzene rings is 1. The zero-order valence-corrected chi connectivity index (χ0v) is 19.1. The number of carboxylic acids is 2. The summed E-state index contributed by atoms with van der Waals surface area (Å²) < 4.78 is 4.48. The largest absolute Gasteiger partial charge is 0.481 e. The minimum atomic E-state index is -1.08. The number of nitrogens with zero attached hydrogens (tertiary/aromatic N) is 3. The van der Waals surface area contributed by atoms with Crippen molar-refractivity contribution in [2.24, 2.45) is 5.41 Å². The van der Waals surface area contributed by atoms with Gasteiger partial charge in [-0.05, 0) is 25.8 Å². The molecule has 2 aromatic rings. The molecule has 1 aliphatic carbocycles. The summed E-state index contributed by atoms with van der Waals surface area (Å²) in [5, 5.41) is 21.9. The second-order valence-corrected chi connectivity index (χ2v) is 8.88. The van der Waals surface area contributed by atoms with Gasteiger partial charge in [-0.2, -0.15) is 4.37 Å². The molecule has 9 heteroatoms. The number of aryl methyl sites for hydroxylation is 1. The maximum Gasteiger partial charge on any atom is 0.331 e. The fraction of sp³-hybridized carbons (Fsp3) is 0.391. The number of rotatable bonds is 5. The second kappa shape index (κ2) is 10.5. The van der Waals surface area contributed by atoms with Crippen molar-refractivity contribution < 1.29 is 19.8 Å². The molecule has 1 aliphatic heterocycles. The fourth-order valence-electron chi connectivity index (χ4n) is 3.37. The highest BCUT2D eigenvalue weighted by Crippen LogP contribution is 2.31. The van der Waals surface area contributed by atoms with Gasteiger partial charge in [0.2, 0.25) is 5.13 Å². The third-order valence-electron chi connectivity index (χ3n) is 5.41. The van der Waals surface area contributed by atoms with Crippen molar-refractivity contribution in [3.8, 4) is 0 Å². The van der Waals surface area contributed by atoms with Gasteiger partial charge in [0.05, 0.1) is 5.41 Å². The second-order valence-electron chi connectivity index (χ2n) is 8.15. The molecule has 170 valence electrons. The van der Waals surface area contributed by atoms with Gasteiger partial charge in [-0.3, -0.25) is 4.79 Å². The van der Waals surface area contributed by atoms with Gasteiger partial charge >= 0.3 is 11.9 Å². The number of aromatic nitrogens is 2. The van der Waals surface area contributed by atoms with Crippen molar-refractivity contribution in [2.75, 3.05) is 31.1 Å². The molecule has 32 heavy (non-hydrogen) atoms. The number of carbonyl (C=O) groups is 2. The molecule has 1 unspecified atom stereocenters. The van der Waals surface area contributed by atoms with Gasteiger partial charge in [0.25, 0.3) is 0 Å². The standard InChI is InChI=1S/C14H18N4S.C9H10O4/c1-11-2-4-12(5-3-11)10-13-16-14(19-17-13)18-8-6-15-7-9-18;1-9(8(12)13)4-2-3-6(5-9)7(10)11/h2-5,15H,6-10H2,1H3;2-4H,5H2,1H3,(H,10,11)(H,12,13). The Labute approximate surface area is 191 Å². The van der Waals surface area contributed by atoms with E-state index in [1.807, 2.05) is 0 Å². The maximum atomic E-state index is 10.8. The van der Waals surface area contributed by atoms with Gasteiger partial charge in [-0.1, -0.05) is 48.1 Å². The van der Waals surface area contributed by atoms with E-state index in [0.717, 1.165) is 43.6 Å². The molecular weight excluding hydrogens is 428 g/mol. The number of carboxylic acid groups (broad SMARTS) is 2. The number of allylic oxidation sites excluding steroid dienone is 2. The first kappa shape index (κ1) is 23.6. The molecule has 8 nitrogen and oxygen atoms in total. The topological polar surface area (TPSA) is 116 Å². The number of hydrogen-bond acceptors (Lipinski definition) is 7. The van der Waals surface area contributed by atoms with Gasteiger partial charge in [0, 0.05) is 49.7 Å². The quantitative estimate of drug-likeness (QED) is 0.629. The van der Waals surface area contributed by atoms with Gasteiger partial charge in [0.1, 0.15) is 5.82 Å². The van der Waals surface area contributed by atoms with Crippen molar-refractivity contribution in [1.82, 2.24) is 14.7 Å². The summed E-state index contributed by atoms with van der Waals surface area (Å²) in [7, 11) is 0. The van der Waals surface area contributed by atoms with Crippen LogP contribution in [0.4, 0.5) is 5.13 Å². The van der Waals surface area contributed by atoms with Crippen molar-refractivity contribution >= 4 is 28.6 Å². The van der Waals surface area contributed by atoms with Crippen LogP contribution in [0.15, 0.2) is 48.1 Å². The van der Waals surface area contributed by atoms with Crippen LogP contribution in [-0.4, -0.2) is 57.7 Å². The zero-order valence-electron chi connectivity index (χ0n) is 18.2. The van der Waals surface area contributed by atoms with E-state index in [4.69, 9.17) is 10.2 Å². The minimum absolute atomic E-state index is 0.0359. The predicted octanol–water partition coefficient (Wildman–Crippen LogP) is 2.90. The fourth-order valence-corrected chi connectivity index (χ4v) is 4.11. The lowest BCUT2D eigenvalue weighted by Gasteiger charge is -2.26. The molecule has 1 atom stereocenters. The highest BCUT2D eigenvalue weighted by molar-refractivity contribution is 7.09. The molecule has 1 fully saturated rings. The molecule has 0 radical (unpaired) electrons. The normalized spacial score (nSPS) is 20.2. The minimum Gasteiger partial charge on any atom is -0.481 e. The third-order valence-corrected chi connectivity index (χ3v) is 6.22. The van der Waals surface area contributed by atoms with Crippen molar-refractivity contribution in [3.63, 3.8) is 0 Å². The van der Waals surface area contributed by atoms with Crippen LogP contribution >= 0.6 is 11.5 Å². The van der Waals surface area contributed by atoms with E-state index < -0.39 is 17.4 Å². The molecule has 3 N–H and O–H groups in total.